The Morgan fingerprint density at radius 3 is 2.39 bits per heavy atom. The largest absolute Gasteiger partial charge is 0.372 e. The first-order chi connectivity index (χ1) is 13.6. The van der Waals surface area contributed by atoms with Gasteiger partial charge in [0.25, 0.3) is 0 Å². The number of nitrogens with zero attached hydrogens (tertiary/aromatic N) is 2. The summed E-state index contributed by atoms with van der Waals surface area (Å²) in [4.78, 5) is 29.0. The molecule has 2 atom stereocenters. The van der Waals surface area contributed by atoms with Crippen LogP contribution in [0.25, 0.3) is 0 Å². The van der Waals surface area contributed by atoms with Crippen molar-refractivity contribution in [3.8, 4) is 0 Å². The van der Waals surface area contributed by atoms with Crippen molar-refractivity contribution in [2.45, 2.75) is 51.1 Å². The van der Waals surface area contributed by atoms with Gasteiger partial charge in [0.15, 0.2) is 0 Å². The molecule has 28 heavy (non-hydrogen) atoms. The molecule has 0 unspecified atom stereocenters. The highest BCUT2D eigenvalue weighted by molar-refractivity contribution is 5.77. The molecule has 3 rings (SSSR count). The number of benzene rings is 1. The molecule has 6 heteroatoms. The van der Waals surface area contributed by atoms with Gasteiger partial charge in [-0.2, -0.15) is 0 Å². The lowest BCUT2D eigenvalue weighted by Gasteiger charge is -2.28. The molecule has 0 spiro atoms. The van der Waals surface area contributed by atoms with Gasteiger partial charge in [0.2, 0.25) is 11.8 Å². The molecule has 0 radical (unpaired) electrons. The van der Waals surface area contributed by atoms with Gasteiger partial charge in [-0.3, -0.25) is 14.5 Å². The predicted octanol–water partition coefficient (Wildman–Crippen LogP) is 1.62. The summed E-state index contributed by atoms with van der Waals surface area (Å²) in [6.07, 6.45) is 4.46. The van der Waals surface area contributed by atoms with E-state index in [0.29, 0.717) is 19.6 Å². The fourth-order valence-electron chi connectivity index (χ4n) is 4.31. The highest BCUT2D eigenvalue weighted by Crippen LogP contribution is 2.25. The second kappa shape index (κ2) is 10.0. The van der Waals surface area contributed by atoms with Crippen LogP contribution in [0.5, 0.6) is 0 Å². The summed E-state index contributed by atoms with van der Waals surface area (Å²) in [5, 5.41) is 2.94. The Labute approximate surface area is 168 Å². The van der Waals surface area contributed by atoms with Crippen molar-refractivity contribution < 1.29 is 14.3 Å². The standard InChI is InChI=1S/C22H33N3O3/c1-3-28-16-21(26)23-15-20-9-8-19(24(20)2)14-22(27)25-12-10-17-6-4-5-7-18(17)11-13-25/h4-7,19-20H,3,8-16H2,1-2H3,(H,23,26)/t19-,20+/m1/s1. The van der Waals surface area contributed by atoms with Crippen LogP contribution in [0, 0.1) is 0 Å². The molecule has 2 aliphatic rings. The summed E-state index contributed by atoms with van der Waals surface area (Å²) in [6.45, 7) is 4.77. The smallest absolute Gasteiger partial charge is 0.246 e. The van der Waals surface area contributed by atoms with E-state index in [2.05, 4.69) is 41.5 Å². The predicted molar refractivity (Wildman–Crippen MR) is 109 cm³/mol. The third-order valence-corrected chi connectivity index (χ3v) is 6.14. The average molecular weight is 388 g/mol. The lowest BCUT2D eigenvalue weighted by molar-refractivity contribution is -0.132. The van der Waals surface area contributed by atoms with Crippen molar-refractivity contribution in [2.24, 2.45) is 0 Å². The maximum absolute atomic E-state index is 12.9. The molecule has 0 saturated carbocycles. The Bertz CT molecular complexity index is 652. The monoisotopic (exact) mass is 387 g/mol. The molecule has 1 aromatic carbocycles. The van der Waals surface area contributed by atoms with Gasteiger partial charge >= 0.3 is 0 Å². The first kappa shape index (κ1) is 20.8. The highest BCUT2D eigenvalue weighted by atomic mass is 16.5. The van der Waals surface area contributed by atoms with E-state index in [1.165, 1.54) is 11.1 Å². The quantitative estimate of drug-likeness (QED) is 0.772. The van der Waals surface area contributed by atoms with Crippen LogP contribution in [-0.4, -0.2) is 73.6 Å². The Balaban J connectivity index is 1.45. The minimum Gasteiger partial charge on any atom is -0.372 e. The van der Waals surface area contributed by atoms with Crippen LogP contribution in [0.4, 0.5) is 0 Å². The molecule has 2 heterocycles. The third-order valence-electron chi connectivity index (χ3n) is 6.14. The van der Waals surface area contributed by atoms with Crippen LogP contribution in [0.1, 0.15) is 37.3 Å². The second-order valence-electron chi connectivity index (χ2n) is 7.85. The summed E-state index contributed by atoms with van der Waals surface area (Å²) in [6, 6.07) is 9.06. The normalized spacial score (nSPS) is 22.6. The molecule has 1 aromatic rings. The Morgan fingerprint density at radius 2 is 1.75 bits per heavy atom. The van der Waals surface area contributed by atoms with Crippen LogP contribution >= 0.6 is 0 Å². The SMILES string of the molecule is CCOCC(=O)NC[C@@H]1CC[C@H](CC(=O)N2CCc3ccccc3CC2)N1C. The second-order valence-corrected chi connectivity index (χ2v) is 7.85. The summed E-state index contributed by atoms with van der Waals surface area (Å²) >= 11 is 0. The minimum absolute atomic E-state index is 0.0705. The van der Waals surface area contributed by atoms with Gasteiger partial charge in [-0.1, -0.05) is 24.3 Å². The fourth-order valence-corrected chi connectivity index (χ4v) is 4.31. The number of likely N-dealkylation sites (N-methyl/N-ethyl adjacent to an activating group) is 1. The van der Waals surface area contributed by atoms with Crippen molar-refractivity contribution in [3.63, 3.8) is 0 Å². The van der Waals surface area contributed by atoms with Gasteiger partial charge in [0, 0.05) is 44.7 Å². The summed E-state index contributed by atoms with van der Waals surface area (Å²) in [7, 11) is 2.07. The van der Waals surface area contributed by atoms with Crippen LogP contribution in [0.15, 0.2) is 24.3 Å². The van der Waals surface area contributed by atoms with E-state index < -0.39 is 0 Å². The molecule has 2 aliphatic heterocycles. The summed E-state index contributed by atoms with van der Waals surface area (Å²) in [5.41, 5.74) is 2.75. The van der Waals surface area contributed by atoms with Crippen LogP contribution in [0.2, 0.25) is 0 Å². The van der Waals surface area contributed by atoms with Crippen molar-refractivity contribution >= 4 is 11.8 Å². The Hall–Kier alpha value is -1.92. The van der Waals surface area contributed by atoms with E-state index in [-0.39, 0.29) is 30.5 Å². The number of carbonyl (C=O) groups excluding carboxylic acids is 2. The molecule has 6 nitrogen and oxygen atoms in total. The molecular formula is C22H33N3O3. The van der Waals surface area contributed by atoms with Gasteiger partial charge in [-0.25, -0.2) is 0 Å². The van der Waals surface area contributed by atoms with Crippen LogP contribution in [-0.2, 0) is 27.2 Å². The Kier molecular flexibility index (Phi) is 7.45. The Morgan fingerprint density at radius 1 is 1.11 bits per heavy atom. The number of amides is 2. The molecule has 2 amide bonds. The number of likely N-dealkylation sites (tertiary alicyclic amines) is 1. The molecule has 1 N–H and O–H groups in total. The van der Waals surface area contributed by atoms with Gasteiger partial charge < -0.3 is 15.0 Å². The molecule has 154 valence electrons. The fraction of sp³-hybridized carbons (Fsp3) is 0.636. The van der Waals surface area contributed by atoms with E-state index >= 15 is 0 Å². The topological polar surface area (TPSA) is 61.9 Å². The number of ether oxygens (including phenoxy) is 1. The van der Waals surface area contributed by atoms with Gasteiger partial charge in [0.1, 0.15) is 6.61 Å². The summed E-state index contributed by atoms with van der Waals surface area (Å²) in [5.74, 6) is 0.185. The van der Waals surface area contributed by atoms with Crippen molar-refractivity contribution in [3.05, 3.63) is 35.4 Å². The van der Waals surface area contributed by atoms with Gasteiger partial charge in [-0.05, 0) is 50.8 Å². The van der Waals surface area contributed by atoms with Crippen molar-refractivity contribution in [1.82, 2.24) is 15.1 Å². The number of rotatable bonds is 7. The van der Waals surface area contributed by atoms with Gasteiger partial charge in [-0.15, -0.1) is 0 Å². The number of fused-ring (bicyclic) bond motifs is 1. The molecular weight excluding hydrogens is 354 g/mol. The van der Waals surface area contributed by atoms with E-state index in [9.17, 15) is 9.59 Å². The first-order valence-corrected chi connectivity index (χ1v) is 10.5. The molecule has 0 aromatic heterocycles. The third kappa shape index (κ3) is 5.32. The number of hydrogen-bond acceptors (Lipinski definition) is 4. The van der Waals surface area contributed by atoms with Crippen LogP contribution in [0.3, 0.4) is 0 Å². The zero-order valence-corrected chi connectivity index (χ0v) is 17.2. The molecule has 0 bridgehead atoms. The van der Waals surface area contributed by atoms with Crippen LogP contribution < -0.4 is 5.32 Å². The first-order valence-electron chi connectivity index (χ1n) is 10.5. The van der Waals surface area contributed by atoms with Crippen molar-refractivity contribution in [1.29, 1.82) is 0 Å². The van der Waals surface area contributed by atoms with Gasteiger partial charge in [0.05, 0.1) is 0 Å². The maximum atomic E-state index is 12.9. The number of nitrogens with one attached hydrogen (secondary N) is 1. The zero-order valence-electron chi connectivity index (χ0n) is 17.2. The highest BCUT2D eigenvalue weighted by Gasteiger charge is 2.33. The molecule has 1 fully saturated rings. The zero-order chi connectivity index (χ0) is 19.9. The van der Waals surface area contributed by atoms with E-state index in [0.717, 1.165) is 38.8 Å². The number of carbonyl (C=O) groups is 2. The van der Waals surface area contributed by atoms with E-state index in [1.807, 2.05) is 11.8 Å². The van der Waals surface area contributed by atoms with E-state index in [1.54, 1.807) is 0 Å². The molecule has 0 aliphatic carbocycles. The van der Waals surface area contributed by atoms with E-state index in [4.69, 9.17) is 4.74 Å². The minimum atomic E-state index is -0.0705. The molecule has 1 saturated heterocycles. The lowest BCUT2D eigenvalue weighted by atomic mass is 10.0. The maximum Gasteiger partial charge on any atom is 0.246 e. The number of hydrogen-bond donors (Lipinski definition) is 1. The summed E-state index contributed by atoms with van der Waals surface area (Å²) < 4.78 is 5.14. The lowest BCUT2D eigenvalue weighted by Crippen LogP contribution is -2.44. The average Bonchev–Trinajstić information content (AvgIpc) is 2.92. The van der Waals surface area contributed by atoms with Crippen molar-refractivity contribution in [2.75, 3.05) is 39.9 Å².